The molecular formula is C87H83Cl4F4N7O19. The number of halogens is 8. The molecule has 26 nitrogen and oxygen atoms in total. The fourth-order valence-corrected chi connectivity index (χ4v) is 12.3. The summed E-state index contributed by atoms with van der Waals surface area (Å²) in [6.07, 6.45) is 4.42. The third-order valence-electron chi connectivity index (χ3n) is 19.0. The van der Waals surface area contributed by atoms with Crippen LogP contribution in [0, 0.1) is 33.4 Å². The molecule has 10 aromatic rings. The van der Waals surface area contributed by atoms with E-state index >= 15 is 0 Å². The second-order valence-electron chi connectivity index (χ2n) is 28.9. The molecule has 0 saturated heterocycles. The van der Waals surface area contributed by atoms with Crippen LogP contribution in [0.3, 0.4) is 0 Å². The summed E-state index contributed by atoms with van der Waals surface area (Å²) in [6, 6.07) is 37.1. The summed E-state index contributed by atoms with van der Waals surface area (Å²) in [5.74, 6) is -3.33. The molecule has 2 aliphatic rings. The summed E-state index contributed by atoms with van der Waals surface area (Å²) in [6.45, 7) is 4.81. The van der Waals surface area contributed by atoms with E-state index in [1.807, 2.05) is 0 Å². The van der Waals surface area contributed by atoms with Gasteiger partial charge in [-0.2, -0.15) is 0 Å². The van der Waals surface area contributed by atoms with Crippen molar-refractivity contribution in [1.82, 2.24) is 19.9 Å². The lowest BCUT2D eigenvalue weighted by Crippen LogP contribution is -2.32. The molecule has 636 valence electrons. The predicted octanol–water partition coefficient (Wildman–Crippen LogP) is 16.1. The number of hydrogen-bond donors (Lipinski definition) is 6. The number of Topliss-reactive ketones (excluding diaryl/α,β-unsaturated/α-hetero) is 2. The summed E-state index contributed by atoms with van der Waals surface area (Å²) in [4.78, 5) is 101. The van der Waals surface area contributed by atoms with E-state index in [4.69, 9.17) is 86.3 Å². The third-order valence-corrected chi connectivity index (χ3v) is 20.2. The summed E-state index contributed by atoms with van der Waals surface area (Å²) >= 11 is 23.4. The van der Waals surface area contributed by atoms with Crippen LogP contribution in [0.25, 0.3) is 45.0 Å². The topological polar surface area (TPSA) is 395 Å². The molecule has 12 rings (SSSR count). The first-order valence-electron chi connectivity index (χ1n) is 37.0. The SMILES string of the molecule is COC(=O)c1cc(-c2ccc(F)c(Cl)c2)nc(C(C)(O)CCC(=O)c2ccc(OC3CC3)c(OC)c2)c1.COC(=O)c1cc(-c2ccc(F)c(Cl)c2)nc(C(C)(O)CN)c1.COC(=O)c1cc(-c2ccc(F)c(Cl)c2)nc(C(C)(O)C[N+](=O)[O-])c1.COc1cc(C(=O)CCC(C)(O)c2cc(C(N)=O)cc(-c3ccc(F)c(Cl)c3)n2)ccc1OC1CC1. The van der Waals surface area contributed by atoms with Crippen molar-refractivity contribution >= 4 is 81.8 Å². The van der Waals surface area contributed by atoms with E-state index in [2.05, 4.69) is 24.7 Å². The van der Waals surface area contributed by atoms with E-state index in [0.717, 1.165) is 31.7 Å². The summed E-state index contributed by atoms with van der Waals surface area (Å²) in [5, 5.41) is 53.5. The van der Waals surface area contributed by atoms with E-state index in [1.165, 1.54) is 179 Å². The zero-order valence-corrected chi connectivity index (χ0v) is 69.6. The van der Waals surface area contributed by atoms with Crippen LogP contribution in [0.1, 0.15) is 164 Å². The number of rotatable bonds is 29. The lowest BCUT2D eigenvalue weighted by Gasteiger charge is -2.24. The number of benzene rings is 6. The Morgan fingerprint density at radius 1 is 0.421 bits per heavy atom. The first-order valence-corrected chi connectivity index (χ1v) is 38.6. The van der Waals surface area contributed by atoms with Crippen LogP contribution < -0.4 is 30.4 Å². The monoisotopic (exact) mass is 1750 g/mol. The van der Waals surface area contributed by atoms with Crippen LogP contribution in [0.2, 0.25) is 20.1 Å². The predicted molar refractivity (Wildman–Crippen MR) is 441 cm³/mol. The average Bonchev–Trinajstić information content (AvgIpc) is 1.59. The molecule has 4 unspecified atom stereocenters. The Balaban J connectivity index is 0.000000187. The van der Waals surface area contributed by atoms with Crippen molar-refractivity contribution < 1.29 is 105 Å². The normalized spacial score (nSPS) is 14.1. The number of ether oxygens (including phenoxy) is 7. The second kappa shape index (κ2) is 40.2. The van der Waals surface area contributed by atoms with Gasteiger partial charge in [-0.1, -0.05) is 46.4 Å². The van der Waals surface area contributed by atoms with Gasteiger partial charge in [0.25, 0.3) is 0 Å². The van der Waals surface area contributed by atoms with Gasteiger partial charge in [0, 0.05) is 63.3 Å². The number of carbonyl (C=O) groups excluding carboxylic acids is 6. The molecule has 8 N–H and O–H groups in total. The van der Waals surface area contributed by atoms with Gasteiger partial charge in [0.1, 0.15) is 40.1 Å². The number of esters is 3. The van der Waals surface area contributed by atoms with Crippen molar-refractivity contribution in [2.75, 3.05) is 48.6 Å². The minimum absolute atomic E-state index is 0.000818. The Kier molecular flexibility index (Phi) is 31.0. The molecule has 4 heterocycles. The fraction of sp³-hybridized carbons (Fsp3) is 0.287. The van der Waals surface area contributed by atoms with Crippen molar-refractivity contribution in [2.24, 2.45) is 11.5 Å². The fourth-order valence-electron chi connectivity index (χ4n) is 11.6. The number of aromatic nitrogens is 4. The molecule has 121 heavy (non-hydrogen) atoms. The number of hydrogen-bond acceptors (Lipinski definition) is 24. The van der Waals surface area contributed by atoms with E-state index in [1.54, 1.807) is 36.4 Å². The maximum Gasteiger partial charge on any atom is 0.337 e. The standard InChI is InChI=1S/C28H27ClFNO6.C27H26ClFN2O5.C16H14ClFN2O5.C16H16ClFN2O3/c1-28(34,11-10-23(32)17-5-9-24(25(14-17)35-2)37-19-6-7-19)26-15-18(27(33)36-3)13-22(31-26)16-4-8-21(30)20(29)12-16;1-27(34,10-9-22(32)16-4-8-23(24(13-16)35-2)36-18-5-6-18)25-14-17(26(30)33)12-21(31-25)15-3-7-20(29)19(28)11-15;1-16(22,8-20(23)24)14-7-10(15(21)25-2)6-13(19-14)9-3-4-12(18)11(17)5-9;1-16(22,8-19)14-7-10(15(21)23-2)6-13(20-14)9-3-4-12(18)11(17)5-9/h4-5,8-9,12-15,19,34H,6-7,10-11H2,1-3H3;3-4,7-8,11-14,18,34H,5-6,9-10H2,1-2H3,(H2,30,33);3-7,22H,8H2,1-2H3;3-7,22H,8,19H2,1-2H3. The van der Waals surface area contributed by atoms with Crippen molar-refractivity contribution in [2.45, 2.75) is 114 Å². The van der Waals surface area contributed by atoms with E-state index in [-0.39, 0.29) is 133 Å². The van der Waals surface area contributed by atoms with Crippen LogP contribution in [0.5, 0.6) is 23.0 Å². The number of aliphatic hydroxyl groups is 4. The van der Waals surface area contributed by atoms with E-state index < -0.39 is 81.0 Å². The van der Waals surface area contributed by atoms with E-state index in [0.29, 0.717) is 67.8 Å². The molecule has 34 heteroatoms. The lowest BCUT2D eigenvalue weighted by atomic mass is 9.91. The van der Waals surface area contributed by atoms with Gasteiger partial charge in [-0.25, -0.2) is 51.9 Å². The highest BCUT2D eigenvalue weighted by Gasteiger charge is 2.35. The van der Waals surface area contributed by atoms with Gasteiger partial charge < -0.3 is 65.1 Å². The lowest BCUT2D eigenvalue weighted by molar-refractivity contribution is -0.501. The first kappa shape index (κ1) is 93.3. The number of amides is 1. The highest BCUT2D eigenvalue weighted by molar-refractivity contribution is 6.32. The van der Waals surface area contributed by atoms with Crippen LogP contribution in [0.15, 0.2) is 158 Å². The zero-order valence-electron chi connectivity index (χ0n) is 66.6. The number of nitrogens with two attached hydrogens (primary N) is 2. The van der Waals surface area contributed by atoms with Crippen LogP contribution in [-0.4, -0.2) is 142 Å². The van der Waals surface area contributed by atoms with Gasteiger partial charge >= 0.3 is 17.9 Å². The number of nitrogens with zero attached hydrogens (tertiary/aromatic N) is 5. The van der Waals surface area contributed by atoms with Gasteiger partial charge in [-0.3, -0.25) is 24.5 Å². The molecule has 2 fully saturated rings. The Hall–Kier alpha value is -11.6. The summed E-state index contributed by atoms with van der Waals surface area (Å²) < 4.78 is 90.5. The average molecular weight is 1750 g/mol. The molecule has 1 amide bonds. The minimum Gasteiger partial charge on any atom is -0.493 e. The van der Waals surface area contributed by atoms with E-state index in [9.17, 15) is 76.9 Å². The number of primary amides is 1. The molecule has 0 bridgehead atoms. The van der Waals surface area contributed by atoms with Crippen molar-refractivity contribution in [1.29, 1.82) is 0 Å². The van der Waals surface area contributed by atoms with Gasteiger partial charge in [0.15, 0.2) is 40.2 Å². The van der Waals surface area contributed by atoms with Crippen molar-refractivity contribution in [3.63, 3.8) is 0 Å². The molecule has 0 radical (unpaired) electrons. The van der Waals surface area contributed by atoms with Gasteiger partial charge in [-0.05, 0) is 224 Å². The maximum atomic E-state index is 13.7. The molecule has 0 aliphatic heterocycles. The maximum absolute atomic E-state index is 13.7. The number of pyridine rings is 4. The molecular weight excluding hydrogens is 1660 g/mol. The molecule has 4 aromatic heterocycles. The number of methoxy groups -OCH3 is 5. The molecule has 0 spiro atoms. The van der Waals surface area contributed by atoms with Crippen LogP contribution in [0.4, 0.5) is 17.6 Å². The Labute approximate surface area is 711 Å². The van der Waals surface area contributed by atoms with Crippen molar-refractivity contribution in [3.05, 3.63) is 267 Å². The van der Waals surface area contributed by atoms with Gasteiger partial charge in [0.2, 0.25) is 12.5 Å². The smallest absolute Gasteiger partial charge is 0.337 e. The highest BCUT2D eigenvalue weighted by atomic mass is 35.5. The Bertz CT molecular complexity index is 5580. The van der Waals surface area contributed by atoms with Crippen LogP contribution >= 0.6 is 46.4 Å². The molecule has 6 aromatic carbocycles. The minimum atomic E-state index is -1.92. The molecule has 4 atom stereocenters. The summed E-state index contributed by atoms with van der Waals surface area (Å²) in [5.41, 5.74) is 9.16. The molecule has 2 aliphatic carbocycles. The number of nitro groups is 1. The Morgan fingerprint density at radius 3 is 0.975 bits per heavy atom. The first-order chi connectivity index (χ1) is 57.1. The summed E-state index contributed by atoms with van der Waals surface area (Å²) in [7, 11) is 6.68. The molecule has 2 saturated carbocycles. The van der Waals surface area contributed by atoms with Gasteiger partial charge in [0.05, 0.1) is 130 Å². The van der Waals surface area contributed by atoms with Gasteiger partial charge in [-0.15, -0.1) is 0 Å². The quantitative estimate of drug-likeness (QED) is 0.00633. The Morgan fingerprint density at radius 2 is 0.711 bits per heavy atom. The third kappa shape index (κ3) is 24.8. The second-order valence-corrected chi connectivity index (χ2v) is 30.5. The number of carbonyl (C=O) groups is 6. The van der Waals surface area contributed by atoms with Crippen molar-refractivity contribution in [3.8, 4) is 68.0 Å². The largest absolute Gasteiger partial charge is 0.493 e. The van der Waals surface area contributed by atoms with Crippen LogP contribution in [-0.2, 0) is 36.6 Å². The number of ketones is 2. The highest BCUT2D eigenvalue weighted by Crippen LogP contribution is 2.40. The zero-order chi connectivity index (χ0) is 88.8.